The monoisotopic (exact) mass is 619 g/mol. The van der Waals surface area contributed by atoms with Crippen molar-refractivity contribution in [2.75, 3.05) is 26.4 Å². The Balaban J connectivity index is -0.00000120. The molecule has 1 atom stereocenters. The van der Waals surface area contributed by atoms with Crippen molar-refractivity contribution in [3.63, 3.8) is 0 Å². The lowest BCUT2D eigenvalue weighted by molar-refractivity contribution is -0.165. The molecule has 0 fully saturated rings. The lowest BCUT2D eigenvalue weighted by Gasteiger charge is -2.33. The molecule has 1 unspecified atom stereocenters. The normalized spacial score (nSPS) is 11.6. The summed E-state index contributed by atoms with van der Waals surface area (Å²) in [4.78, 5) is 48.7. The van der Waals surface area contributed by atoms with Crippen molar-refractivity contribution in [2.24, 2.45) is 10.8 Å². The Bertz CT molecular complexity index is 731. The van der Waals surface area contributed by atoms with E-state index in [0.29, 0.717) is 13.0 Å². The van der Waals surface area contributed by atoms with E-state index in [-0.39, 0.29) is 74.8 Å². The maximum absolute atomic E-state index is 12.9. The number of hydrogen-bond acceptors (Lipinski definition) is 8. The highest BCUT2D eigenvalue weighted by Crippen LogP contribution is 2.38. The molecule has 0 amide bonds. The zero-order valence-electron chi connectivity index (χ0n) is 25.3. The highest BCUT2D eigenvalue weighted by atomic mass is 16.6. The zero-order chi connectivity index (χ0) is 29.6. The van der Waals surface area contributed by atoms with Gasteiger partial charge in [0.15, 0.2) is 0 Å². The number of hydrogen-bond donors (Lipinski definition) is 0. The molecule has 0 aromatic rings. The van der Waals surface area contributed by atoms with Crippen LogP contribution in [0.1, 0.15) is 154 Å². The Morgan fingerprint density at radius 2 is 1.05 bits per heavy atom. The van der Waals surface area contributed by atoms with Gasteiger partial charge >= 0.3 is 23.9 Å². The van der Waals surface area contributed by atoms with Gasteiger partial charge in [-0.2, -0.15) is 0 Å². The van der Waals surface area contributed by atoms with Crippen molar-refractivity contribution in [1.29, 1.82) is 0 Å². The lowest BCUT2D eigenvalue weighted by Crippen LogP contribution is -2.39. The number of rotatable bonds is 24. The van der Waals surface area contributed by atoms with Crippen LogP contribution in [0.25, 0.3) is 0 Å². The van der Waals surface area contributed by atoms with Crippen molar-refractivity contribution in [3.05, 3.63) is 12.7 Å². The van der Waals surface area contributed by atoms with Gasteiger partial charge in [0, 0.05) is 0 Å². The average molecular weight is 619 g/mol. The molecular formula is C35H70O8. The van der Waals surface area contributed by atoms with E-state index in [0.717, 1.165) is 19.3 Å². The second-order valence-corrected chi connectivity index (χ2v) is 11.1. The molecule has 0 aromatic heterocycles. The van der Waals surface area contributed by atoms with E-state index >= 15 is 0 Å². The highest BCUT2D eigenvalue weighted by molar-refractivity contribution is 5.80. The van der Waals surface area contributed by atoms with E-state index in [1.54, 1.807) is 13.8 Å². The first-order valence-electron chi connectivity index (χ1n) is 14.8. The van der Waals surface area contributed by atoms with E-state index in [9.17, 15) is 19.2 Å². The molecule has 8 heteroatoms. The van der Waals surface area contributed by atoms with Crippen LogP contribution in [-0.2, 0) is 38.1 Å². The first kappa shape index (κ1) is 50.3. The van der Waals surface area contributed by atoms with E-state index in [1.807, 2.05) is 13.8 Å². The lowest BCUT2D eigenvalue weighted by atomic mass is 9.72. The molecule has 0 radical (unpaired) electrons. The van der Waals surface area contributed by atoms with Crippen LogP contribution < -0.4 is 0 Å². The first-order valence-corrected chi connectivity index (χ1v) is 14.8. The van der Waals surface area contributed by atoms with Gasteiger partial charge in [-0.1, -0.05) is 114 Å². The van der Waals surface area contributed by atoms with Crippen LogP contribution in [0.4, 0.5) is 0 Å². The molecule has 0 N–H and O–H groups in total. The predicted molar refractivity (Wildman–Crippen MR) is 179 cm³/mol. The quantitative estimate of drug-likeness (QED) is 0.0456. The second-order valence-electron chi connectivity index (χ2n) is 11.1. The molecule has 0 saturated carbocycles. The molecule has 0 spiro atoms. The molecule has 0 bridgehead atoms. The topological polar surface area (TPSA) is 105 Å². The van der Waals surface area contributed by atoms with Crippen LogP contribution in [0.3, 0.4) is 0 Å². The van der Waals surface area contributed by atoms with Crippen molar-refractivity contribution in [1.82, 2.24) is 0 Å². The third-order valence-corrected chi connectivity index (χ3v) is 6.86. The summed E-state index contributed by atoms with van der Waals surface area (Å²) in [5, 5.41) is 0. The standard InChI is InChI=1S/C31H54O8.4CH4/c1-7-10-11-12-13-14-15-16-17-18-22-38-29(35)31(6,9-3)25-30(4,5)28(34)39-24-23-37-27(33)20-19-26(32)36-21-8-2;;;;/h8H,2,7,9-25H2,1,3-6H3;4*1H4. The van der Waals surface area contributed by atoms with Crippen LogP contribution in [-0.4, -0.2) is 50.3 Å². The Morgan fingerprint density at radius 1 is 0.605 bits per heavy atom. The fourth-order valence-corrected chi connectivity index (χ4v) is 4.30. The molecule has 0 aliphatic heterocycles. The highest BCUT2D eigenvalue weighted by Gasteiger charge is 2.42. The third-order valence-electron chi connectivity index (χ3n) is 6.86. The molecule has 0 rings (SSSR count). The van der Waals surface area contributed by atoms with Gasteiger partial charge in [-0.15, -0.1) is 0 Å². The summed E-state index contributed by atoms with van der Waals surface area (Å²) in [6.45, 7) is 13.1. The fraction of sp³-hybridized carbons (Fsp3) is 0.829. The van der Waals surface area contributed by atoms with Crippen LogP contribution in [0.5, 0.6) is 0 Å². The SMILES string of the molecule is C.C.C.C.C=CCOC(=O)CCC(=O)OCCOC(=O)C(C)(C)CC(C)(CC)C(=O)OCCCCCCCCCCCC. The summed E-state index contributed by atoms with van der Waals surface area (Å²) in [6, 6.07) is 0. The van der Waals surface area contributed by atoms with Crippen molar-refractivity contribution >= 4 is 23.9 Å². The third kappa shape index (κ3) is 24.7. The summed E-state index contributed by atoms with van der Waals surface area (Å²) in [7, 11) is 0. The minimum atomic E-state index is -0.931. The Hall–Kier alpha value is -2.38. The number of esters is 4. The van der Waals surface area contributed by atoms with Gasteiger partial charge in [0.1, 0.15) is 19.8 Å². The summed E-state index contributed by atoms with van der Waals surface area (Å²) in [5.74, 6) is -1.86. The zero-order valence-corrected chi connectivity index (χ0v) is 25.3. The Labute approximate surface area is 266 Å². The first-order chi connectivity index (χ1) is 18.5. The van der Waals surface area contributed by atoms with Gasteiger partial charge in [-0.3, -0.25) is 19.2 Å². The van der Waals surface area contributed by atoms with Gasteiger partial charge < -0.3 is 18.9 Å². The van der Waals surface area contributed by atoms with E-state index in [1.165, 1.54) is 51.0 Å². The van der Waals surface area contributed by atoms with Crippen molar-refractivity contribution < 1.29 is 38.1 Å². The number of carbonyl (C=O) groups is 4. The number of ether oxygens (including phenoxy) is 4. The largest absolute Gasteiger partial charge is 0.465 e. The molecular weight excluding hydrogens is 548 g/mol. The van der Waals surface area contributed by atoms with E-state index < -0.39 is 28.7 Å². The maximum Gasteiger partial charge on any atom is 0.311 e. The Kier molecular flexibility index (Phi) is 34.7. The molecule has 0 saturated heterocycles. The van der Waals surface area contributed by atoms with Crippen molar-refractivity contribution in [3.8, 4) is 0 Å². The number of carbonyl (C=O) groups excluding carboxylic acids is 4. The van der Waals surface area contributed by atoms with Crippen LogP contribution in [0.2, 0.25) is 0 Å². The van der Waals surface area contributed by atoms with Gasteiger partial charge in [0.05, 0.1) is 30.3 Å². The second kappa shape index (κ2) is 29.7. The van der Waals surface area contributed by atoms with Crippen LogP contribution in [0.15, 0.2) is 12.7 Å². The molecule has 0 aliphatic rings. The molecule has 0 aromatic carbocycles. The van der Waals surface area contributed by atoms with E-state index in [4.69, 9.17) is 18.9 Å². The van der Waals surface area contributed by atoms with Gasteiger partial charge in [-0.05, 0) is 40.0 Å². The molecule has 43 heavy (non-hydrogen) atoms. The summed E-state index contributed by atoms with van der Waals surface area (Å²) in [5.41, 5.74) is -1.74. The smallest absolute Gasteiger partial charge is 0.311 e. The van der Waals surface area contributed by atoms with Crippen molar-refractivity contribution in [2.45, 2.75) is 154 Å². The predicted octanol–water partition coefficient (Wildman–Crippen LogP) is 9.42. The van der Waals surface area contributed by atoms with Crippen LogP contribution in [0, 0.1) is 10.8 Å². The molecule has 8 nitrogen and oxygen atoms in total. The summed E-state index contributed by atoms with van der Waals surface area (Å²) in [6.07, 6.45) is 14.2. The molecule has 0 aliphatic carbocycles. The number of unbranched alkanes of at least 4 members (excludes halogenated alkanes) is 9. The van der Waals surface area contributed by atoms with E-state index in [2.05, 4.69) is 13.5 Å². The fourth-order valence-electron chi connectivity index (χ4n) is 4.30. The maximum atomic E-state index is 12.9. The minimum Gasteiger partial charge on any atom is -0.465 e. The van der Waals surface area contributed by atoms with Crippen LogP contribution >= 0.6 is 0 Å². The Morgan fingerprint density at radius 3 is 1.53 bits per heavy atom. The summed E-state index contributed by atoms with van der Waals surface area (Å²) >= 11 is 0. The van der Waals surface area contributed by atoms with Gasteiger partial charge in [0.25, 0.3) is 0 Å². The average Bonchev–Trinajstić information content (AvgIpc) is 2.90. The van der Waals surface area contributed by atoms with Gasteiger partial charge in [-0.25, -0.2) is 0 Å². The summed E-state index contributed by atoms with van der Waals surface area (Å²) < 4.78 is 20.7. The molecule has 258 valence electrons. The minimum absolute atomic E-state index is 0. The van der Waals surface area contributed by atoms with Gasteiger partial charge in [0.2, 0.25) is 0 Å². The molecule has 0 heterocycles.